The molecule has 0 radical (unpaired) electrons. The standard InChI is InChI=1S/C18H23FO4/c1-4-21-16(20)13-9-18(3)15(10-17(13,2)23-18)22-11-12-7-5-6-8-14(12)19/h5-8,13,15H,4,9-11H2,1-3H3. The van der Waals surface area contributed by atoms with Gasteiger partial charge in [-0.3, -0.25) is 4.79 Å². The summed E-state index contributed by atoms with van der Waals surface area (Å²) >= 11 is 0. The van der Waals surface area contributed by atoms with Gasteiger partial charge in [0.25, 0.3) is 0 Å². The number of hydrogen-bond acceptors (Lipinski definition) is 4. The molecule has 3 rings (SSSR count). The van der Waals surface area contributed by atoms with Crippen LogP contribution in [0.3, 0.4) is 0 Å². The van der Waals surface area contributed by atoms with Crippen LogP contribution in [0.4, 0.5) is 4.39 Å². The number of carbonyl (C=O) groups excluding carboxylic acids is 1. The highest BCUT2D eigenvalue weighted by atomic mass is 19.1. The lowest BCUT2D eigenvalue weighted by Gasteiger charge is -2.33. The van der Waals surface area contributed by atoms with Gasteiger partial charge in [0, 0.05) is 12.0 Å². The van der Waals surface area contributed by atoms with Crippen molar-refractivity contribution in [2.75, 3.05) is 6.61 Å². The number of ether oxygens (including phenoxy) is 3. The molecule has 1 aromatic rings. The van der Waals surface area contributed by atoms with Crippen molar-refractivity contribution in [3.05, 3.63) is 35.6 Å². The number of hydrogen-bond donors (Lipinski definition) is 0. The van der Waals surface area contributed by atoms with Crippen molar-refractivity contribution in [1.82, 2.24) is 0 Å². The smallest absolute Gasteiger partial charge is 0.311 e. The molecular formula is C18H23FO4. The van der Waals surface area contributed by atoms with Crippen molar-refractivity contribution in [2.45, 2.75) is 57.5 Å². The van der Waals surface area contributed by atoms with E-state index in [9.17, 15) is 9.18 Å². The van der Waals surface area contributed by atoms with Gasteiger partial charge in [-0.25, -0.2) is 4.39 Å². The molecule has 4 unspecified atom stereocenters. The molecule has 2 saturated heterocycles. The third-order valence-electron chi connectivity index (χ3n) is 5.05. The van der Waals surface area contributed by atoms with Gasteiger partial charge in [-0.15, -0.1) is 0 Å². The van der Waals surface area contributed by atoms with E-state index in [4.69, 9.17) is 14.2 Å². The quantitative estimate of drug-likeness (QED) is 0.781. The van der Waals surface area contributed by atoms with Crippen LogP contribution >= 0.6 is 0 Å². The van der Waals surface area contributed by atoms with Crippen molar-refractivity contribution < 1.29 is 23.4 Å². The molecule has 0 N–H and O–H groups in total. The monoisotopic (exact) mass is 322 g/mol. The molecule has 126 valence electrons. The molecule has 2 heterocycles. The zero-order valence-electron chi connectivity index (χ0n) is 13.8. The zero-order valence-corrected chi connectivity index (χ0v) is 13.8. The first-order chi connectivity index (χ1) is 10.9. The minimum Gasteiger partial charge on any atom is -0.466 e. The second-order valence-electron chi connectivity index (χ2n) is 6.83. The van der Waals surface area contributed by atoms with E-state index in [2.05, 4.69) is 0 Å². The Labute approximate surface area is 135 Å². The Morgan fingerprint density at radius 1 is 1.30 bits per heavy atom. The second kappa shape index (κ2) is 5.87. The highest BCUT2D eigenvalue weighted by Gasteiger charge is 2.65. The van der Waals surface area contributed by atoms with E-state index in [1.807, 2.05) is 13.8 Å². The Morgan fingerprint density at radius 3 is 2.65 bits per heavy atom. The summed E-state index contributed by atoms with van der Waals surface area (Å²) in [6.45, 7) is 6.28. The summed E-state index contributed by atoms with van der Waals surface area (Å²) in [6.07, 6.45) is 1.03. The molecular weight excluding hydrogens is 299 g/mol. The van der Waals surface area contributed by atoms with Crippen LogP contribution in [-0.2, 0) is 25.6 Å². The molecule has 0 saturated carbocycles. The summed E-state index contributed by atoms with van der Waals surface area (Å²) in [5.74, 6) is -0.732. The normalized spacial score (nSPS) is 35.5. The lowest BCUT2D eigenvalue weighted by Crippen LogP contribution is -2.44. The van der Waals surface area contributed by atoms with Crippen molar-refractivity contribution in [1.29, 1.82) is 0 Å². The Morgan fingerprint density at radius 2 is 2.04 bits per heavy atom. The molecule has 0 aliphatic carbocycles. The molecule has 0 aromatic heterocycles. The maximum absolute atomic E-state index is 13.7. The first-order valence-corrected chi connectivity index (χ1v) is 8.10. The largest absolute Gasteiger partial charge is 0.466 e. The van der Waals surface area contributed by atoms with E-state index in [1.54, 1.807) is 25.1 Å². The van der Waals surface area contributed by atoms with Crippen molar-refractivity contribution >= 4 is 5.97 Å². The molecule has 5 heteroatoms. The SMILES string of the molecule is CCOC(=O)C1CC2(C)OC1(C)CC2OCc1ccccc1F. The fraction of sp³-hybridized carbons (Fsp3) is 0.611. The van der Waals surface area contributed by atoms with Gasteiger partial charge < -0.3 is 14.2 Å². The Kier molecular flexibility index (Phi) is 4.19. The van der Waals surface area contributed by atoms with E-state index in [-0.39, 0.29) is 30.4 Å². The van der Waals surface area contributed by atoms with Gasteiger partial charge >= 0.3 is 5.97 Å². The summed E-state index contributed by atoms with van der Waals surface area (Å²) in [7, 11) is 0. The Hall–Kier alpha value is -1.46. The Balaban J connectivity index is 1.67. The molecule has 0 amide bonds. The van der Waals surface area contributed by atoms with Crippen LogP contribution in [-0.4, -0.2) is 29.9 Å². The molecule has 2 aliphatic heterocycles. The predicted molar refractivity (Wildman–Crippen MR) is 82.2 cm³/mol. The highest BCUT2D eigenvalue weighted by Crippen LogP contribution is 2.55. The van der Waals surface area contributed by atoms with Gasteiger partial charge in [-0.05, 0) is 33.3 Å². The maximum Gasteiger partial charge on any atom is 0.311 e. The minimum atomic E-state index is -0.569. The van der Waals surface area contributed by atoms with Crippen LogP contribution in [0, 0.1) is 11.7 Å². The number of esters is 1. The summed E-state index contributed by atoms with van der Waals surface area (Å²) in [4.78, 5) is 12.1. The van der Waals surface area contributed by atoms with Crippen molar-refractivity contribution in [3.63, 3.8) is 0 Å². The number of halogens is 1. The van der Waals surface area contributed by atoms with Gasteiger partial charge in [0.15, 0.2) is 0 Å². The number of rotatable bonds is 5. The van der Waals surface area contributed by atoms with E-state index in [1.165, 1.54) is 6.07 Å². The maximum atomic E-state index is 13.7. The van der Waals surface area contributed by atoms with E-state index in [0.717, 1.165) is 0 Å². The van der Waals surface area contributed by atoms with Crippen LogP contribution in [0.1, 0.15) is 39.2 Å². The molecule has 23 heavy (non-hydrogen) atoms. The summed E-state index contributed by atoms with van der Waals surface area (Å²) in [6, 6.07) is 6.59. The molecule has 0 spiro atoms. The first kappa shape index (κ1) is 16.4. The number of benzene rings is 1. The van der Waals surface area contributed by atoms with Crippen LogP contribution in [0.25, 0.3) is 0 Å². The summed E-state index contributed by atoms with van der Waals surface area (Å²) < 4.78 is 30.9. The van der Waals surface area contributed by atoms with E-state index >= 15 is 0 Å². The topological polar surface area (TPSA) is 44.8 Å². The Bertz CT molecular complexity index is 604. The van der Waals surface area contributed by atoms with Gasteiger partial charge in [-0.2, -0.15) is 0 Å². The third-order valence-corrected chi connectivity index (χ3v) is 5.05. The average Bonchev–Trinajstić information content (AvgIpc) is 2.92. The van der Waals surface area contributed by atoms with Gasteiger partial charge in [0.05, 0.1) is 36.4 Å². The molecule has 2 fully saturated rings. The highest BCUT2D eigenvalue weighted by molar-refractivity contribution is 5.75. The molecule has 4 atom stereocenters. The first-order valence-electron chi connectivity index (χ1n) is 8.10. The van der Waals surface area contributed by atoms with Gasteiger partial charge in [0.2, 0.25) is 0 Å². The lowest BCUT2D eigenvalue weighted by atomic mass is 9.74. The molecule has 2 bridgehead atoms. The lowest BCUT2D eigenvalue weighted by molar-refractivity contribution is -0.153. The van der Waals surface area contributed by atoms with E-state index in [0.29, 0.717) is 25.0 Å². The van der Waals surface area contributed by atoms with Crippen LogP contribution in [0.2, 0.25) is 0 Å². The average molecular weight is 322 g/mol. The van der Waals surface area contributed by atoms with E-state index < -0.39 is 11.2 Å². The molecule has 1 aromatic carbocycles. The fourth-order valence-electron chi connectivity index (χ4n) is 3.85. The summed E-state index contributed by atoms with van der Waals surface area (Å²) in [5, 5.41) is 0. The number of carbonyl (C=O) groups is 1. The summed E-state index contributed by atoms with van der Waals surface area (Å²) in [5.41, 5.74) is -0.566. The predicted octanol–water partition coefficient (Wildman–Crippen LogP) is 3.23. The zero-order chi connectivity index (χ0) is 16.7. The van der Waals surface area contributed by atoms with Crippen LogP contribution < -0.4 is 0 Å². The van der Waals surface area contributed by atoms with Crippen molar-refractivity contribution in [2.24, 2.45) is 5.92 Å². The molecule has 2 aliphatic rings. The van der Waals surface area contributed by atoms with Gasteiger partial charge in [-0.1, -0.05) is 18.2 Å². The number of fused-ring (bicyclic) bond motifs is 2. The minimum absolute atomic E-state index is 0.155. The van der Waals surface area contributed by atoms with Crippen LogP contribution in [0.15, 0.2) is 24.3 Å². The fourth-order valence-corrected chi connectivity index (χ4v) is 3.85. The second-order valence-corrected chi connectivity index (χ2v) is 6.83. The molecule has 4 nitrogen and oxygen atoms in total. The third kappa shape index (κ3) is 2.88. The van der Waals surface area contributed by atoms with Gasteiger partial charge in [0.1, 0.15) is 5.82 Å². The van der Waals surface area contributed by atoms with Crippen LogP contribution in [0.5, 0.6) is 0 Å². The van der Waals surface area contributed by atoms with Crippen molar-refractivity contribution in [3.8, 4) is 0 Å².